The Hall–Kier alpha value is -1.82. The number of hydrogen-bond acceptors (Lipinski definition) is 0. The van der Waals surface area contributed by atoms with E-state index in [0.717, 1.165) is 6.42 Å². The Morgan fingerprint density at radius 3 is 2.42 bits per heavy atom. The third-order valence-corrected chi connectivity index (χ3v) is 3.59. The first-order chi connectivity index (χ1) is 9.03. The number of hydrogen-bond donors (Lipinski definition) is 0. The summed E-state index contributed by atoms with van der Waals surface area (Å²) < 4.78 is 0. The molecule has 0 bridgehead atoms. The van der Waals surface area contributed by atoms with E-state index < -0.39 is 0 Å². The van der Waals surface area contributed by atoms with Crippen LogP contribution in [0.3, 0.4) is 0 Å². The molecule has 1 aliphatic rings. The molecule has 0 heterocycles. The van der Waals surface area contributed by atoms with Gasteiger partial charge in [-0.15, -0.1) is 0 Å². The van der Waals surface area contributed by atoms with E-state index in [1.54, 1.807) is 0 Å². The van der Waals surface area contributed by atoms with Gasteiger partial charge in [-0.2, -0.15) is 0 Å². The lowest BCUT2D eigenvalue weighted by molar-refractivity contribution is 0.547. The van der Waals surface area contributed by atoms with E-state index in [-0.39, 0.29) is 5.41 Å². The summed E-state index contributed by atoms with van der Waals surface area (Å²) in [6, 6.07) is 15.5. The van der Waals surface area contributed by atoms with Crippen molar-refractivity contribution in [1.29, 1.82) is 0 Å². The first-order valence-corrected chi connectivity index (χ1v) is 6.93. The van der Waals surface area contributed by atoms with Gasteiger partial charge in [-0.1, -0.05) is 75.4 Å². The SMILES string of the molecule is CC(C)(C)/C=C/c1ccc2c(c1)Cc1ccccc1-2. The van der Waals surface area contributed by atoms with Gasteiger partial charge < -0.3 is 0 Å². The van der Waals surface area contributed by atoms with Gasteiger partial charge in [-0.25, -0.2) is 0 Å². The lowest BCUT2D eigenvalue weighted by Crippen LogP contribution is -1.98. The number of benzene rings is 2. The van der Waals surface area contributed by atoms with Crippen LogP contribution in [0.25, 0.3) is 17.2 Å². The summed E-state index contributed by atoms with van der Waals surface area (Å²) in [5.74, 6) is 0. The average Bonchev–Trinajstić information content (AvgIpc) is 2.73. The minimum Gasteiger partial charge on any atom is -0.0785 e. The topological polar surface area (TPSA) is 0 Å². The zero-order chi connectivity index (χ0) is 13.5. The highest BCUT2D eigenvalue weighted by atomic mass is 14.2. The van der Waals surface area contributed by atoms with Crippen LogP contribution in [0, 0.1) is 5.41 Å². The maximum atomic E-state index is 2.33. The van der Waals surface area contributed by atoms with Crippen LogP contribution in [-0.4, -0.2) is 0 Å². The van der Waals surface area contributed by atoms with Gasteiger partial charge in [0.2, 0.25) is 0 Å². The molecule has 3 rings (SSSR count). The van der Waals surface area contributed by atoms with E-state index in [9.17, 15) is 0 Å². The second-order valence-electron chi connectivity index (χ2n) is 6.45. The highest BCUT2D eigenvalue weighted by Crippen LogP contribution is 2.36. The molecule has 0 heteroatoms. The number of fused-ring (bicyclic) bond motifs is 3. The Morgan fingerprint density at radius 1 is 0.895 bits per heavy atom. The molecule has 0 radical (unpaired) electrons. The van der Waals surface area contributed by atoms with Crippen molar-refractivity contribution in [3.05, 3.63) is 65.2 Å². The molecule has 0 aliphatic heterocycles. The van der Waals surface area contributed by atoms with Crippen molar-refractivity contribution in [2.45, 2.75) is 27.2 Å². The zero-order valence-corrected chi connectivity index (χ0v) is 11.9. The van der Waals surface area contributed by atoms with Crippen LogP contribution in [0.15, 0.2) is 48.5 Å². The molecule has 0 amide bonds. The van der Waals surface area contributed by atoms with Crippen LogP contribution in [-0.2, 0) is 6.42 Å². The van der Waals surface area contributed by atoms with Gasteiger partial charge in [0, 0.05) is 0 Å². The van der Waals surface area contributed by atoms with Gasteiger partial charge >= 0.3 is 0 Å². The molecule has 0 nitrogen and oxygen atoms in total. The predicted molar refractivity (Wildman–Crippen MR) is 83.2 cm³/mol. The minimum absolute atomic E-state index is 0.238. The Morgan fingerprint density at radius 2 is 1.63 bits per heavy atom. The van der Waals surface area contributed by atoms with Crippen LogP contribution in [0.4, 0.5) is 0 Å². The van der Waals surface area contributed by atoms with E-state index in [1.165, 1.54) is 27.8 Å². The van der Waals surface area contributed by atoms with Crippen LogP contribution in [0.5, 0.6) is 0 Å². The fourth-order valence-electron chi connectivity index (χ4n) is 2.61. The third-order valence-electron chi connectivity index (χ3n) is 3.59. The Kier molecular flexibility index (Phi) is 2.82. The average molecular weight is 248 g/mol. The molecular weight excluding hydrogens is 228 g/mol. The maximum absolute atomic E-state index is 2.33. The van der Waals surface area contributed by atoms with Gasteiger partial charge in [0.05, 0.1) is 0 Å². The molecule has 0 fully saturated rings. The normalized spacial score (nSPS) is 13.6. The van der Waals surface area contributed by atoms with Crippen molar-refractivity contribution in [2.24, 2.45) is 5.41 Å². The molecule has 0 aromatic heterocycles. The molecule has 0 atom stereocenters. The van der Waals surface area contributed by atoms with E-state index in [2.05, 4.69) is 75.4 Å². The lowest BCUT2D eigenvalue weighted by atomic mass is 9.94. The van der Waals surface area contributed by atoms with E-state index in [4.69, 9.17) is 0 Å². The fraction of sp³-hybridized carbons (Fsp3) is 0.263. The monoisotopic (exact) mass is 248 g/mol. The van der Waals surface area contributed by atoms with Gasteiger partial charge in [-0.05, 0) is 39.7 Å². The molecule has 96 valence electrons. The minimum atomic E-state index is 0.238. The lowest BCUT2D eigenvalue weighted by Gasteiger charge is -2.11. The van der Waals surface area contributed by atoms with Crippen molar-refractivity contribution < 1.29 is 0 Å². The Bertz CT molecular complexity index is 639. The van der Waals surface area contributed by atoms with Crippen molar-refractivity contribution in [3.8, 4) is 11.1 Å². The molecule has 0 saturated carbocycles. The highest BCUT2D eigenvalue weighted by molar-refractivity contribution is 5.78. The first kappa shape index (κ1) is 12.2. The largest absolute Gasteiger partial charge is 0.0785 e. The summed E-state index contributed by atoms with van der Waals surface area (Å²) in [6.07, 6.45) is 5.59. The Balaban J connectivity index is 1.96. The zero-order valence-electron chi connectivity index (χ0n) is 11.9. The van der Waals surface area contributed by atoms with Gasteiger partial charge in [0.15, 0.2) is 0 Å². The molecular formula is C19H20. The van der Waals surface area contributed by atoms with E-state index >= 15 is 0 Å². The standard InChI is InChI=1S/C19H20/c1-19(2,3)11-10-14-8-9-18-16(12-14)13-15-6-4-5-7-17(15)18/h4-12H,13H2,1-3H3/b11-10+. The second kappa shape index (κ2) is 4.38. The quantitative estimate of drug-likeness (QED) is 0.547. The third kappa shape index (κ3) is 2.49. The fourth-order valence-corrected chi connectivity index (χ4v) is 2.61. The second-order valence-corrected chi connectivity index (χ2v) is 6.45. The van der Waals surface area contributed by atoms with Gasteiger partial charge in [0.25, 0.3) is 0 Å². The molecule has 0 spiro atoms. The molecule has 2 aromatic carbocycles. The van der Waals surface area contributed by atoms with Crippen LogP contribution < -0.4 is 0 Å². The van der Waals surface area contributed by atoms with Crippen LogP contribution in [0.2, 0.25) is 0 Å². The van der Waals surface area contributed by atoms with E-state index in [1.807, 2.05) is 0 Å². The van der Waals surface area contributed by atoms with Gasteiger partial charge in [0.1, 0.15) is 0 Å². The molecule has 19 heavy (non-hydrogen) atoms. The van der Waals surface area contributed by atoms with Crippen molar-refractivity contribution >= 4 is 6.08 Å². The summed E-state index contributed by atoms with van der Waals surface area (Å²) in [5, 5.41) is 0. The molecule has 1 aliphatic carbocycles. The van der Waals surface area contributed by atoms with Gasteiger partial charge in [-0.3, -0.25) is 0 Å². The maximum Gasteiger partial charge on any atom is -0.00132 e. The van der Waals surface area contributed by atoms with Crippen molar-refractivity contribution in [2.75, 3.05) is 0 Å². The van der Waals surface area contributed by atoms with E-state index in [0.29, 0.717) is 0 Å². The summed E-state index contributed by atoms with van der Waals surface area (Å²) in [6.45, 7) is 6.69. The molecule has 2 aromatic rings. The van der Waals surface area contributed by atoms with Crippen molar-refractivity contribution in [3.63, 3.8) is 0 Å². The summed E-state index contributed by atoms with van der Waals surface area (Å²) >= 11 is 0. The first-order valence-electron chi connectivity index (χ1n) is 6.93. The Labute approximate surface area is 115 Å². The van der Waals surface area contributed by atoms with Crippen molar-refractivity contribution in [1.82, 2.24) is 0 Å². The molecule has 0 N–H and O–H groups in total. The molecule has 0 unspecified atom stereocenters. The molecule has 0 saturated heterocycles. The number of allylic oxidation sites excluding steroid dienone is 1. The highest BCUT2D eigenvalue weighted by Gasteiger charge is 2.17. The number of rotatable bonds is 1. The predicted octanol–water partition coefficient (Wildman–Crippen LogP) is 5.32. The van der Waals surface area contributed by atoms with Crippen LogP contribution in [0.1, 0.15) is 37.5 Å². The summed E-state index contributed by atoms with van der Waals surface area (Å²) in [7, 11) is 0. The smallest absolute Gasteiger partial charge is 0.00132 e. The van der Waals surface area contributed by atoms with Crippen LogP contribution >= 0.6 is 0 Å². The summed E-state index contributed by atoms with van der Waals surface area (Å²) in [5.41, 5.74) is 7.27. The summed E-state index contributed by atoms with van der Waals surface area (Å²) in [4.78, 5) is 0.